The summed E-state index contributed by atoms with van der Waals surface area (Å²) in [7, 11) is 0. The van der Waals surface area contributed by atoms with Crippen LogP contribution < -0.4 is 10.6 Å². The van der Waals surface area contributed by atoms with Crippen molar-refractivity contribution in [2.24, 2.45) is 0 Å². The first-order valence-corrected chi connectivity index (χ1v) is 7.45. The lowest BCUT2D eigenvalue weighted by molar-refractivity contribution is -0.121. The lowest BCUT2D eigenvalue weighted by Gasteiger charge is -2.29. The molecule has 0 aromatic heterocycles. The van der Waals surface area contributed by atoms with Gasteiger partial charge in [-0.1, -0.05) is 36.4 Å². The third-order valence-corrected chi connectivity index (χ3v) is 3.94. The number of hydrogen-bond donors (Lipinski definition) is 2. The fourth-order valence-electron chi connectivity index (χ4n) is 2.86. The Labute approximate surface area is 121 Å². The normalized spacial score (nSPS) is 22.2. The van der Waals surface area contributed by atoms with E-state index < -0.39 is 0 Å². The number of nitrogens with one attached hydrogen (secondary N) is 2. The quantitative estimate of drug-likeness (QED) is 0.617. The zero-order valence-electron chi connectivity index (χ0n) is 12.0. The number of hydrogen-bond acceptors (Lipinski definition) is 2. The van der Waals surface area contributed by atoms with Crippen molar-refractivity contribution in [3.63, 3.8) is 0 Å². The van der Waals surface area contributed by atoms with Gasteiger partial charge in [-0.2, -0.15) is 0 Å². The Morgan fingerprint density at radius 2 is 1.90 bits per heavy atom. The number of benzene rings is 1. The van der Waals surface area contributed by atoms with Crippen molar-refractivity contribution in [1.29, 1.82) is 0 Å². The Morgan fingerprint density at radius 1 is 1.20 bits per heavy atom. The first kappa shape index (κ1) is 14.8. The Balaban J connectivity index is 1.71. The van der Waals surface area contributed by atoms with Crippen molar-refractivity contribution in [1.82, 2.24) is 10.6 Å². The van der Waals surface area contributed by atoms with Gasteiger partial charge in [0.05, 0.1) is 6.54 Å². The van der Waals surface area contributed by atoms with Gasteiger partial charge in [0.15, 0.2) is 0 Å². The van der Waals surface area contributed by atoms with E-state index in [1.165, 1.54) is 5.56 Å². The van der Waals surface area contributed by atoms with Gasteiger partial charge in [-0.3, -0.25) is 4.79 Å². The zero-order chi connectivity index (χ0) is 14.2. The minimum absolute atomic E-state index is 0.0926. The zero-order valence-corrected chi connectivity index (χ0v) is 12.0. The highest BCUT2D eigenvalue weighted by Crippen LogP contribution is 2.32. The summed E-state index contributed by atoms with van der Waals surface area (Å²) in [6.07, 6.45) is 6.24. The van der Waals surface area contributed by atoms with Crippen LogP contribution in [0.1, 0.15) is 37.2 Å². The summed E-state index contributed by atoms with van der Waals surface area (Å²) in [6.45, 7) is 4.67. The number of carbonyl (C=O) groups excluding carboxylic acids is 1. The topological polar surface area (TPSA) is 41.1 Å². The van der Waals surface area contributed by atoms with Crippen LogP contribution in [0.4, 0.5) is 0 Å². The van der Waals surface area contributed by atoms with Crippen LogP contribution in [-0.2, 0) is 4.79 Å². The second-order valence-corrected chi connectivity index (χ2v) is 5.45. The van der Waals surface area contributed by atoms with E-state index in [-0.39, 0.29) is 5.91 Å². The number of carbonyl (C=O) groups is 1. The molecule has 1 fully saturated rings. The SMILES string of the molecule is C=CCNCC(=O)NC1CCC(c2ccccc2)CC1. The highest BCUT2D eigenvalue weighted by molar-refractivity contribution is 5.78. The smallest absolute Gasteiger partial charge is 0.234 e. The van der Waals surface area contributed by atoms with Crippen molar-refractivity contribution >= 4 is 5.91 Å². The molecule has 1 aliphatic carbocycles. The molecule has 1 saturated carbocycles. The molecule has 0 radical (unpaired) electrons. The van der Waals surface area contributed by atoms with E-state index in [2.05, 4.69) is 47.5 Å². The van der Waals surface area contributed by atoms with E-state index in [0.717, 1.165) is 25.7 Å². The van der Waals surface area contributed by atoms with E-state index in [1.807, 2.05) is 0 Å². The Hall–Kier alpha value is -1.61. The minimum atomic E-state index is 0.0926. The van der Waals surface area contributed by atoms with E-state index in [4.69, 9.17) is 0 Å². The lowest BCUT2D eigenvalue weighted by Crippen LogP contribution is -2.42. The van der Waals surface area contributed by atoms with Crippen LogP contribution >= 0.6 is 0 Å². The maximum atomic E-state index is 11.7. The molecule has 2 rings (SSSR count). The number of amides is 1. The van der Waals surface area contributed by atoms with Crippen LogP contribution in [0.3, 0.4) is 0 Å². The molecule has 1 aromatic rings. The summed E-state index contributed by atoms with van der Waals surface area (Å²) in [5, 5.41) is 6.14. The molecule has 20 heavy (non-hydrogen) atoms. The molecule has 0 unspecified atom stereocenters. The van der Waals surface area contributed by atoms with Gasteiger partial charge in [0.1, 0.15) is 0 Å². The highest BCUT2D eigenvalue weighted by Gasteiger charge is 2.23. The molecule has 1 aliphatic rings. The standard InChI is InChI=1S/C17H24N2O/c1-2-12-18-13-17(20)19-16-10-8-15(9-11-16)14-6-4-3-5-7-14/h2-7,15-16,18H,1,8-13H2,(H,19,20). The molecule has 0 aliphatic heterocycles. The van der Waals surface area contributed by atoms with Crippen molar-refractivity contribution in [2.75, 3.05) is 13.1 Å². The molecule has 0 atom stereocenters. The summed E-state index contributed by atoms with van der Waals surface area (Å²) in [5.74, 6) is 0.748. The van der Waals surface area contributed by atoms with Gasteiger partial charge >= 0.3 is 0 Å². The molecule has 0 spiro atoms. The monoisotopic (exact) mass is 272 g/mol. The average Bonchev–Trinajstić information content (AvgIpc) is 2.49. The number of rotatable bonds is 6. The third kappa shape index (κ3) is 4.49. The lowest BCUT2D eigenvalue weighted by atomic mass is 9.82. The maximum absolute atomic E-state index is 11.7. The molecule has 0 saturated heterocycles. The van der Waals surface area contributed by atoms with Crippen LogP contribution in [0.15, 0.2) is 43.0 Å². The van der Waals surface area contributed by atoms with Gasteiger partial charge in [0.25, 0.3) is 0 Å². The molecule has 0 heterocycles. The Kier molecular flexibility index (Phi) is 5.81. The van der Waals surface area contributed by atoms with Crippen LogP contribution in [-0.4, -0.2) is 25.0 Å². The van der Waals surface area contributed by atoms with E-state index in [9.17, 15) is 4.79 Å². The molecule has 3 nitrogen and oxygen atoms in total. The van der Waals surface area contributed by atoms with Gasteiger partial charge in [0.2, 0.25) is 5.91 Å². The Bertz CT molecular complexity index is 422. The first-order valence-electron chi connectivity index (χ1n) is 7.45. The molecule has 1 aromatic carbocycles. The maximum Gasteiger partial charge on any atom is 0.234 e. The van der Waals surface area contributed by atoms with Gasteiger partial charge < -0.3 is 10.6 Å². The fraction of sp³-hybridized carbons (Fsp3) is 0.471. The van der Waals surface area contributed by atoms with Crippen LogP contribution in [0, 0.1) is 0 Å². The highest BCUT2D eigenvalue weighted by atomic mass is 16.1. The summed E-state index contributed by atoms with van der Waals surface area (Å²) in [4.78, 5) is 11.7. The summed E-state index contributed by atoms with van der Waals surface area (Å²) >= 11 is 0. The first-order chi connectivity index (χ1) is 9.79. The van der Waals surface area contributed by atoms with Crippen LogP contribution in [0.25, 0.3) is 0 Å². The summed E-state index contributed by atoms with van der Waals surface area (Å²) in [5.41, 5.74) is 1.44. The van der Waals surface area contributed by atoms with Crippen molar-refractivity contribution in [3.05, 3.63) is 48.6 Å². The van der Waals surface area contributed by atoms with Crippen LogP contribution in [0.5, 0.6) is 0 Å². The summed E-state index contributed by atoms with van der Waals surface area (Å²) < 4.78 is 0. The van der Waals surface area contributed by atoms with Gasteiger partial charge in [-0.15, -0.1) is 6.58 Å². The summed E-state index contributed by atoms with van der Waals surface area (Å²) in [6, 6.07) is 11.0. The van der Waals surface area contributed by atoms with Crippen molar-refractivity contribution < 1.29 is 4.79 Å². The van der Waals surface area contributed by atoms with E-state index in [0.29, 0.717) is 25.0 Å². The molecule has 3 heteroatoms. The predicted octanol–water partition coefficient (Wildman–Crippen LogP) is 2.60. The molecule has 2 N–H and O–H groups in total. The molecule has 108 valence electrons. The Morgan fingerprint density at radius 3 is 2.55 bits per heavy atom. The molecule has 0 bridgehead atoms. The third-order valence-electron chi connectivity index (χ3n) is 3.94. The van der Waals surface area contributed by atoms with E-state index >= 15 is 0 Å². The fourth-order valence-corrected chi connectivity index (χ4v) is 2.86. The molecule has 1 amide bonds. The largest absolute Gasteiger partial charge is 0.352 e. The van der Waals surface area contributed by atoms with Gasteiger partial charge in [-0.05, 0) is 37.2 Å². The second kappa shape index (κ2) is 7.85. The van der Waals surface area contributed by atoms with E-state index in [1.54, 1.807) is 6.08 Å². The van der Waals surface area contributed by atoms with Crippen molar-refractivity contribution in [3.8, 4) is 0 Å². The van der Waals surface area contributed by atoms with Crippen LogP contribution in [0.2, 0.25) is 0 Å². The van der Waals surface area contributed by atoms with Gasteiger partial charge in [0, 0.05) is 12.6 Å². The van der Waals surface area contributed by atoms with Gasteiger partial charge in [-0.25, -0.2) is 0 Å². The average molecular weight is 272 g/mol. The minimum Gasteiger partial charge on any atom is -0.352 e. The predicted molar refractivity (Wildman–Crippen MR) is 82.6 cm³/mol. The second-order valence-electron chi connectivity index (χ2n) is 5.45. The molecular weight excluding hydrogens is 248 g/mol. The van der Waals surface area contributed by atoms with Crippen molar-refractivity contribution in [2.45, 2.75) is 37.6 Å². The molecular formula is C17H24N2O.